The molecular formula is C24H33N7O2Si. The third kappa shape index (κ3) is 5.07. The second-order valence-electron chi connectivity index (χ2n) is 9.68. The van der Waals surface area contributed by atoms with E-state index in [0.29, 0.717) is 29.9 Å². The second-order valence-corrected chi connectivity index (χ2v) is 15.3. The van der Waals surface area contributed by atoms with Gasteiger partial charge in [0.15, 0.2) is 0 Å². The average molecular weight is 480 g/mol. The van der Waals surface area contributed by atoms with Gasteiger partial charge in [-0.15, -0.1) is 5.10 Å². The second kappa shape index (κ2) is 9.47. The Morgan fingerprint density at radius 3 is 2.71 bits per heavy atom. The van der Waals surface area contributed by atoms with Gasteiger partial charge in [-0.3, -0.25) is 4.68 Å². The van der Waals surface area contributed by atoms with Crippen molar-refractivity contribution < 1.29 is 9.47 Å². The molecule has 3 heterocycles. The number of ether oxygens (including phenoxy) is 2. The molecule has 0 aliphatic rings. The van der Waals surface area contributed by atoms with Crippen LogP contribution in [-0.4, -0.2) is 46.1 Å². The number of fused-ring (bicyclic) bond motifs is 1. The van der Waals surface area contributed by atoms with Gasteiger partial charge in [0, 0.05) is 45.1 Å². The Balaban J connectivity index is 1.69. The SMILES string of the molecule is COc1nn(C)cc1Nc1ncc(C)c(-c2cn(COCC[Si](C)(C)C)c3c(N)cccc23)n1. The number of nitrogens with one attached hydrogen (secondary N) is 1. The van der Waals surface area contributed by atoms with E-state index in [1.165, 1.54) is 0 Å². The number of nitrogens with two attached hydrogens (primary N) is 1. The van der Waals surface area contributed by atoms with E-state index in [-0.39, 0.29) is 0 Å². The molecule has 3 aromatic heterocycles. The van der Waals surface area contributed by atoms with Crippen LogP contribution < -0.4 is 15.8 Å². The van der Waals surface area contributed by atoms with Crippen molar-refractivity contribution in [3.8, 4) is 17.1 Å². The number of hydrogen-bond donors (Lipinski definition) is 2. The van der Waals surface area contributed by atoms with Crippen LogP contribution in [0.4, 0.5) is 17.3 Å². The van der Waals surface area contributed by atoms with Crippen LogP contribution in [0.25, 0.3) is 22.2 Å². The molecule has 34 heavy (non-hydrogen) atoms. The van der Waals surface area contributed by atoms with Gasteiger partial charge in [0.2, 0.25) is 5.95 Å². The highest BCUT2D eigenvalue weighted by atomic mass is 28.3. The summed E-state index contributed by atoms with van der Waals surface area (Å²) in [5, 5.41) is 8.52. The Morgan fingerprint density at radius 1 is 1.18 bits per heavy atom. The fourth-order valence-corrected chi connectivity index (χ4v) is 4.58. The molecule has 0 bridgehead atoms. The van der Waals surface area contributed by atoms with Crippen molar-refractivity contribution in [1.82, 2.24) is 24.3 Å². The summed E-state index contributed by atoms with van der Waals surface area (Å²) < 4.78 is 15.1. The van der Waals surface area contributed by atoms with E-state index >= 15 is 0 Å². The van der Waals surface area contributed by atoms with Gasteiger partial charge >= 0.3 is 0 Å². The zero-order valence-electron chi connectivity index (χ0n) is 20.7. The molecule has 4 rings (SSSR count). The third-order valence-electron chi connectivity index (χ3n) is 5.62. The quantitative estimate of drug-likeness (QED) is 0.202. The lowest BCUT2D eigenvalue weighted by Gasteiger charge is -2.16. The van der Waals surface area contributed by atoms with Crippen LogP contribution >= 0.6 is 0 Å². The van der Waals surface area contributed by atoms with Crippen LogP contribution in [0.15, 0.2) is 36.8 Å². The highest BCUT2D eigenvalue weighted by molar-refractivity contribution is 6.76. The van der Waals surface area contributed by atoms with E-state index in [4.69, 9.17) is 20.2 Å². The van der Waals surface area contributed by atoms with E-state index in [1.807, 2.05) is 38.5 Å². The number of benzene rings is 1. The summed E-state index contributed by atoms with van der Waals surface area (Å²) in [6.07, 6.45) is 5.71. The zero-order valence-corrected chi connectivity index (χ0v) is 21.7. The maximum absolute atomic E-state index is 6.39. The topological polar surface area (TPSA) is 105 Å². The Kier molecular flexibility index (Phi) is 6.62. The first kappa shape index (κ1) is 23.8. The van der Waals surface area contributed by atoms with Gasteiger partial charge in [-0.05, 0) is 24.6 Å². The summed E-state index contributed by atoms with van der Waals surface area (Å²) in [4.78, 5) is 9.31. The Bertz CT molecular complexity index is 1310. The highest BCUT2D eigenvalue weighted by Crippen LogP contribution is 2.35. The number of para-hydroxylation sites is 1. The smallest absolute Gasteiger partial charge is 0.256 e. The molecule has 0 radical (unpaired) electrons. The van der Waals surface area contributed by atoms with Gasteiger partial charge in [-0.2, -0.15) is 0 Å². The Hall–Kier alpha value is -3.37. The van der Waals surface area contributed by atoms with E-state index < -0.39 is 8.07 Å². The minimum atomic E-state index is -1.16. The van der Waals surface area contributed by atoms with Crippen LogP contribution in [0.3, 0.4) is 0 Å². The highest BCUT2D eigenvalue weighted by Gasteiger charge is 2.18. The molecule has 0 saturated heterocycles. The minimum Gasteiger partial charge on any atom is -0.478 e. The van der Waals surface area contributed by atoms with Crippen molar-refractivity contribution in [3.05, 3.63) is 42.4 Å². The molecule has 180 valence electrons. The van der Waals surface area contributed by atoms with Gasteiger partial charge in [0.1, 0.15) is 12.4 Å². The summed E-state index contributed by atoms with van der Waals surface area (Å²) >= 11 is 0. The average Bonchev–Trinajstić information content (AvgIpc) is 3.32. The molecule has 4 aromatic rings. The van der Waals surface area contributed by atoms with Crippen LogP contribution in [0.2, 0.25) is 25.7 Å². The number of rotatable bonds is 9. The first-order valence-electron chi connectivity index (χ1n) is 11.3. The van der Waals surface area contributed by atoms with Crippen molar-refractivity contribution in [1.29, 1.82) is 0 Å². The van der Waals surface area contributed by atoms with Crippen LogP contribution in [0.5, 0.6) is 5.88 Å². The zero-order chi connectivity index (χ0) is 24.5. The number of methoxy groups -OCH3 is 1. The first-order chi connectivity index (χ1) is 16.2. The summed E-state index contributed by atoms with van der Waals surface area (Å²) in [6, 6.07) is 7.07. The van der Waals surface area contributed by atoms with Crippen molar-refractivity contribution >= 4 is 36.3 Å². The molecule has 1 aromatic carbocycles. The number of hydrogen-bond acceptors (Lipinski definition) is 7. The van der Waals surface area contributed by atoms with Crippen LogP contribution in [0.1, 0.15) is 5.56 Å². The molecule has 0 unspecified atom stereocenters. The standard InChI is InChI=1S/C24H33N7O2Si/c1-16-12-26-24(27-20-14-30(2)29-23(20)32-3)28-21(16)18-13-31(15-33-10-11-34(4,5)6)22-17(18)8-7-9-19(22)25/h7-9,12-14H,10-11,15,25H2,1-6H3,(H,26,27,28). The predicted molar refractivity (Wildman–Crippen MR) is 139 cm³/mol. The van der Waals surface area contributed by atoms with Crippen molar-refractivity contribution in [2.75, 3.05) is 24.8 Å². The van der Waals surface area contributed by atoms with Gasteiger partial charge in [0.05, 0.1) is 30.2 Å². The normalized spacial score (nSPS) is 11.8. The van der Waals surface area contributed by atoms with Crippen LogP contribution in [-0.2, 0) is 18.5 Å². The summed E-state index contributed by atoms with van der Waals surface area (Å²) in [5.41, 5.74) is 11.5. The molecule has 0 saturated carbocycles. The van der Waals surface area contributed by atoms with E-state index in [0.717, 1.165) is 40.4 Å². The molecule has 0 spiro atoms. The molecule has 0 amide bonds. The van der Waals surface area contributed by atoms with E-state index in [2.05, 4.69) is 51.9 Å². The lowest BCUT2D eigenvalue weighted by atomic mass is 10.1. The first-order valence-corrected chi connectivity index (χ1v) is 15.0. The van der Waals surface area contributed by atoms with Crippen molar-refractivity contribution in [2.24, 2.45) is 7.05 Å². The summed E-state index contributed by atoms with van der Waals surface area (Å²) in [5.74, 6) is 0.941. The molecular weight excluding hydrogens is 446 g/mol. The number of anilines is 3. The Labute approximate surface area is 200 Å². The maximum Gasteiger partial charge on any atom is 0.256 e. The maximum atomic E-state index is 6.39. The largest absolute Gasteiger partial charge is 0.478 e. The van der Waals surface area contributed by atoms with E-state index in [9.17, 15) is 0 Å². The van der Waals surface area contributed by atoms with E-state index in [1.54, 1.807) is 11.8 Å². The lowest BCUT2D eigenvalue weighted by Crippen LogP contribution is -2.22. The molecule has 3 N–H and O–H groups in total. The van der Waals surface area contributed by atoms with Gasteiger partial charge in [0.25, 0.3) is 5.88 Å². The number of aromatic nitrogens is 5. The van der Waals surface area contributed by atoms with Gasteiger partial charge in [-0.25, -0.2) is 9.97 Å². The number of nitrogen functional groups attached to an aromatic ring is 1. The number of aryl methyl sites for hydroxylation is 2. The molecule has 9 nitrogen and oxygen atoms in total. The summed E-state index contributed by atoms with van der Waals surface area (Å²) in [7, 11) is 2.26. The summed E-state index contributed by atoms with van der Waals surface area (Å²) in [6.45, 7) is 10.2. The number of nitrogens with zero attached hydrogens (tertiary/aromatic N) is 5. The van der Waals surface area contributed by atoms with Crippen molar-refractivity contribution in [3.63, 3.8) is 0 Å². The van der Waals surface area contributed by atoms with Crippen molar-refractivity contribution in [2.45, 2.75) is 39.3 Å². The molecule has 0 fully saturated rings. The minimum absolute atomic E-state index is 0.442. The Morgan fingerprint density at radius 2 is 1.97 bits per heavy atom. The lowest BCUT2D eigenvalue weighted by molar-refractivity contribution is 0.0903. The van der Waals surface area contributed by atoms with Crippen LogP contribution in [0, 0.1) is 6.92 Å². The third-order valence-corrected chi connectivity index (χ3v) is 7.32. The fraction of sp³-hybridized carbons (Fsp3) is 0.375. The molecule has 0 atom stereocenters. The van der Waals surface area contributed by atoms with Gasteiger partial charge < -0.3 is 25.1 Å². The van der Waals surface area contributed by atoms with Gasteiger partial charge in [-0.1, -0.05) is 31.8 Å². The monoisotopic (exact) mass is 479 g/mol. The molecule has 10 heteroatoms. The molecule has 0 aliphatic heterocycles. The predicted octanol–water partition coefficient (Wildman–Crippen LogP) is 4.79. The fourth-order valence-electron chi connectivity index (χ4n) is 3.82. The molecule has 0 aliphatic carbocycles.